The third kappa shape index (κ3) is 3.75. The highest BCUT2D eigenvalue weighted by molar-refractivity contribution is 5.72. The predicted octanol–water partition coefficient (Wildman–Crippen LogP) is 6.21. The van der Waals surface area contributed by atoms with Crippen molar-refractivity contribution >= 4 is 0 Å². The van der Waals surface area contributed by atoms with Crippen LogP contribution in [0.15, 0.2) is 42.5 Å². The lowest BCUT2D eigenvalue weighted by molar-refractivity contribution is 0.861. The summed E-state index contributed by atoms with van der Waals surface area (Å²) in [5.74, 6) is 0. The Morgan fingerprint density at radius 1 is 0.571 bits per heavy atom. The van der Waals surface area contributed by atoms with Gasteiger partial charge in [0.1, 0.15) is 0 Å². The van der Waals surface area contributed by atoms with Gasteiger partial charge in [-0.15, -0.1) is 0 Å². The van der Waals surface area contributed by atoms with Crippen LogP contribution in [0.4, 0.5) is 0 Å². The van der Waals surface area contributed by atoms with Crippen molar-refractivity contribution < 1.29 is 0 Å². The van der Waals surface area contributed by atoms with Gasteiger partial charge in [0.15, 0.2) is 0 Å². The molecule has 0 fully saturated rings. The topological polar surface area (TPSA) is 0 Å². The number of hydrogen-bond acceptors (Lipinski definition) is 0. The Labute approximate surface area is 130 Å². The zero-order valence-corrected chi connectivity index (χ0v) is 13.8. The van der Waals surface area contributed by atoms with E-state index in [-0.39, 0.29) is 0 Å². The number of benzene rings is 2. The van der Waals surface area contributed by atoms with E-state index in [0.717, 1.165) is 0 Å². The molecule has 2 aromatic carbocycles. The van der Waals surface area contributed by atoms with Gasteiger partial charge in [0, 0.05) is 0 Å². The third-order valence-corrected chi connectivity index (χ3v) is 4.12. The summed E-state index contributed by atoms with van der Waals surface area (Å²) in [6.45, 7) is 6.81. The largest absolute Gasteiger partial charge is 0.0651 e. The maximum absolute atomic E-state index is 2.32. The summed E-state index contributed by atoms with van der Waals surface area (Å²) in [4.78, 5) is 0. The summed E-state index contributed by atoms with van der Waals surface area (Å²) in [5, 5.41) is 0. The Kier molecular flexibility index (Phi) is 6.04. The smallest absolute Gasteiger partial charge is 0.0146 e. The van der Waals surface area contributed by atoms with Crippen LogP contribution in [0.2, 0.25) is 0 Å². The first-order valence-corrected chi connectivity index (χ1v) is 8.50. The fraction of sp³-hybridized carbons (Fsp3) is 0.429. The molecule has 0 N–H and O–H groups in total. The van der Waals surface area contributed by atoms with E-state index in [0.29, 0.717) is 0 Å². The highest BCUT2D eigenvalue weighted by atomic mass is 14.2. The number of aryl methyl sites for hydroxylation is 2. The first-order chi connectivity index (χ1) is 10.3. The van der Waals surface area contributed by atoms with Gasteiger partial charge in [-0.1, -0.05) is 82.5 Å². The van der Waals surface area contributed by atoms with E-state index in [4.69, 9.17) is 0 Å². The Balaban J connectivity index is 2.54. The summed E-state index contributed by atoms with van der Waals surface area (Å²) in [5.41, 5.74) is 7.52. The van der Waals surface area contributed by atoms with Crippen LogP contribution in [0.1, 0.15) is 56.7 Å². The molecule has 0 aliphatic carbocycles. The second-order valence-electron chi connectivity index (χ2n) is 5.85. The molecule has 0 amide bonds. The molecule has 0 saturated heterocycles. The second kappa shape index (κ2) is 8.02. The Morgan fingerprint density at radius 2 is 1.14 bits per heavy atom. The summed E-state index contributed by atoms with van der Waals surface area (Å²) in [6, 6.07) is 15.8. The van der Waals surface area contributed by atoms with Gasteiger partial charge in [0.05, 0.1) is 0 Å². The normalized spacial score (nSPS) is 10.8. The number of rotatable bonds is 7. The molecule has 0 bridgehead atoms. The van der Waals surface area contributed by atoms with Gasteiger partial charge in [-0.2, -0.15) is 0 Å². The van der Waals surface area contributed by atoms with Gasteiger partial charge in [-0.25, -0.2) is 0 Å². The molecular formula is C21H28. The van der Waals surface area contributed by atoms with Crippen LogP contribution in [-0.4, -0.2) is 0 Å². The first kappa shape index (κ1) is 15.8. The fourth-order valence-electron chi connectivity index (χ4n) is 3.21. The highest BCUT2D eigenvalue weighted by Crippen LogP contribution is 2.31. The summed E-state index contributed by atoms with van der Waals surface area (Å²) in [7, 11) is 0. The van der Waals surface area contributed by atoms with Crippen LogP contribution in [-0.2, 0) is 19.3 Å². The van der Waals surface area contributed by atoms with E-state index in [9.17, 15) is 0 Å². The Morgan fingerprint density at radius 3 is 1.86 bits per heavy atom. The molecule has 0 heterocycles. The van der Waals surface area contributed by atoms with Crippen molar-refractivity contribution in [2.24, 2.45) is 0 Å². The van der Waals surface area contributed by atoms with Crippen LogP contribution in [0, 0.1) is 0 Å². The summed E-state index contributed by atoms with van der Waals surface area (Å²) >= 11 is 0. The maximum atomic E-state index is 2.32. The molecule has 0 saturated carbocycles. The molecule has 0 spiro atoms. The molecule has 112 valence electrons. The molecule has 0 aliphatic heterocycles. The number of hydrogen-bond donors (Lipinski definition) is 0. The zero-order chi connectivity index (χ0) is 15.1. The predicted molar refractivity (Wildman–Crippen MR) is 93.9 cm³/mol. The molecule has 0 nitrogen and oxygen atoms in total. The molecule has 0 radical (unpaired) electrons. The minimum atomic E-state index is 1.17. The Hall–Kier alpha value is -1.56. The monoisotopic (exact) mass is 280 g/mol. The van der Waals surface area contributed by atoms with E-state index >= 15 is 0 Å². The molecule has 0 aliphatic rings. The molecule has 0 aromatic heterocycles. The quantitative estimate of drug-likeness (QED) is 0.565. The van der Waals surface area contributed by atoms with Gasteiger partial charge < -0.3 is 0 Å². The molecule has 2 aromatic rings. The van der Waals surface area contributed by atoms with E-state index in [1.165, 1.54) is 55.2 Å². The van der Waals surface area contributed by atoms with Gasteiger partial charge in [0.2, 0.25) is 0 Å². The van der Waals surface area contributed by atoms with Crippen molar-refractivity contribution in [1.29, 1.82) is 0 Å². The SMILES string of the molecule is CCCc1ccccc1-c1cccc(CCC)c1CCC. The first-order valence-electron chi connectivity index (χ1n) is 8.50. The van der Waals surface area contributed by atoms with Crippen molar-refractivity contribution in [2.45, 2.75) is 59.3 Å². The molecule has 0 unspecified atom stereocenters. The van der Waals surface area contributed by atoms with Crippen LogP contribution in [0.5, 0.6) is 0 Å². The van der Waals surface area contributed by atoms with Crippen LogP contribution < -0.4 is 0 Å². The minimum absolute atomic E-state index is 1.17. The van der Waals surface area contributed by atoms with Crippen LogP contribution in [0.3, 0.4) is 0 Å². The van der Waals surface area contributed by atoms with Crippen molar-refractivity contribution in [2.75, 3.05) is 0 Å². The standard InChI is InChI=1S/C21H28/c1-4-10-17-13-7-8-15-20(17)21-16-9-14-18(11-5-2)19(21)12-6-3/h7-9,13-16H,4-6,10-12H2,1-3H3. The van der Waals surface area contributed by atoms with Gasteiger partial charge in [-0.3, -0.25) is 0 Å². The lowest BCUT2D eigenvalue weighted by Crippen LogP contribution is -1.99. The molecule has 21 heavy (non-hydrogen) atoms. The van der Waals surface area contributed by atoms with E-state index < -0.39 is 0 Å². The maximum Gasteiger partial charge on any atom is -0.0146 e. The summed E-state index contributed by atoms with van der Waals surface area (Å²) in [6.07, 6.45) is 7.18. The Bertz CT molecular complexity index is 566. The fourth-order valence-corrected chi connectivity index (χ4v) is 3.21. The van der Waals surface area contributed by atoms with Crippen molar-refractivity contribution in [1.82, 2.24) is 0 Å². The lowest BCUT2D eigenvalue weighted by Gasteiger charge is -2.17. The molecule has 0 heteroatoms. The van der Waals surface area contributed by atoms with Gasteiger partial charge in [-0.05, 0) is 47.1 Å². The summed E-state index contributed by atoms with van der Waals surface area (Å²) < 4.78 is 0. The zero-order valence-electron chi connectivity index (χ0n) is 13.8. The van der Waals surface area contributed by atoms with E-state index in [2.05, 4.69) is 63.2 Å². The molecule has 0 atom stereocenters. The van der Waals surface area contributed by atoms with Crippen molar-refractivity contribution in [3.63, 3.8) is 0 Å². The van der Waals surface area contributed by atoms with Crippen molar-refractivity contribution in [3.05, 3.63) is 59.2 Å². The second-order valence-corrected chi connectivity index (χ2v) is 5.85. The van der Waals surface area contributed by atoms with Gasteiger partial charge >= 0.3 is 0 Å². The third-order valence-electron chi connectivity index (χ3n) is 4.12. The average molecular weight is 280 g/mol. The van der Waals surface area contributed by atoms with Gasteiger partial charge in [0.25, 0.3) is 0 Å². The minimum Gasteiger partial charge on any atom is -0.0651 e. The molecule has 2 rings (SSSR count). The van der Waals surface area contributed by atoms with E-state index in [1.54, 1.807) is 11.1 Å². The van der Waals surface area contributed by atoms with Crippen LogP contribution >= 0.6 is 0 Å². The lowest BCUT2D eigenvalue weighted by atomic mass is 9.88. The molecular weight excluding hydrogens is 252 g/mol. The average Bonchev–Trinajstić information content (AvgIpc) is 2.50. The van der Waals surface area contributed by atoms with Crippen LogP contribution in [0.25, 0.3) is 11.1 Å². The van der Waals surface area contributed by atoms with Crippen molar-refractivity contribution in [3.8, 4) is 11.1 Å². The highest BCUT2D eigenvalue weighted by Gasteiger charge is 2.11. The van der Waals surface area contributed by atoms with E-state index in [1.807, 2.05) is 0 Å².